The van der Waals surface area contributed by atoms with Gasteiger partial charge < -0.3 is 20.7 Å². The van der Waals surface area contributed by atoms with Crippen LogP contribution < -0.4 is 11.1 Å². The van der Waals surface area contributed by atoms with Crippen LogP contribution in [-0.4, -0.2) is 43.0 Å². The molecule has 0 unspecified atom stereocenters. The van der Waals surface area contributed by atoms with E-state index in [1.165, 1.54) is 0 Å². The Labute approximate surface area is 117 Å². The molecule has 0 spiro atoms. The summed E-state index contributed by atoms with van der Waals surface area (Å²) in [6.45, 7) is 1.93. The third-order valence-electron chi connectivity index (χ3n) is 3.11. The SMILES string of the molecule is Nc1ccc(NC(=O)CCCN2CCOCC2=O)cc1. The van der Waals surface area contributed by atoms with Crippen LogP contribution in [0.1, 0.15) is 12.8 Å². The van der Waals surface area contributed by atoms with Crippen molar-refractivity contribution in [3.63, 3.8) is 0 Å². The second-order valence-corrected chi connectivity index (χ2v) is 4.71. The average molecular weight is 277 g/mol. The van der Waals surface area contributed by atoms with Gasteiger partial charge in [0.15, 0.2) is 0 Å². The van der Waals surface area contributed by atoms with E-state index in [4.69, 9.17) is 10.5 Å². The van der Waals surface area contributed by atoms with E-state index >= 15 is 0 Å². The molecular weight excluding hydrogens is 258 g/mol. The molecule has 0 saturated carbocycles. The zero-order valence-corrected chi connectivity index (χ0v) is 11.3. The number of carbonyl (C=O) groups is 2. The molecule has 0 radical (unpaired) electrons. The zero-order chi connectivity index (χ0) is 14.4. The van der Waals surface area contributed by atoms with E-state index in [-0.39, 0.29) is 18.4 Å². The van der Waals surface area contributed by atoms with Crippen LogP contribution in [-0.2, 0) is 14.3 Å². The number of nitrogen functional groups attached to an aromatic ring is 1. The van der Waals surface area contributed by atoms with Crippen LogP contribution in [0.4, 0.5) is 11.4 Å². The van der Waals surface area contributed by atoms with Crippen LogP contribution >= 0.6 is 0 Å². The fourth-order valence-electron chi connectivity index (χ4n) is 2.01. The number of rotatable bonds is 5. The summed E-state index contributed by atoms with van der Waals surface area (Å²) in [5, 5.41) is 2.80. The number of amides is 2. The largest absolute Gasteiger partial charge is 0.399 e. The molecule has 1 aliphatic rings. The van der Waals surface area contributed by atoms with E-state index in [2.05, 4.69) is 5.32 Å². The van der Waals surface area contributed by atoms with Crippen LogP contribution in [0.3, 0.4) is 0 Å². The molecule has 1 fully saturated rings. The van der Waals surface area contributed by atoms with Crippen molar-refractivity contribution in [1.82, 2.24) is 4.90 Å². The van der Waals surface area contributed by atoms with Crippen LogP contribution in [0, 0.1) is 0 Å². The Morgan fingerprint density at radius 2 is 2.10 bits per heavy atom. The van der Waals surface area contributed by atoms with Gasteiger partial charge in [0.25, 0.3) is 0 Å². The van der Waals surface area contributed by atoms with Crippen LogP contribution in [0.2, 0.25) is 0 Å². The van der Waals surface area contributed by atoms with Crippen molar-refractivity contribution in [3.05, 3.63) is 24.3 Å². The number of morpholine rings is 1. The van der Waals surface area contributed by atoms with Crippen molar-refractivity contribution in [1.29, 1.82) is 0 Å². The number of hydrogen-bond acceptors (Lipinski definition) is 4. The number of nitrogens with one attached hydrogen (secondary N) is 1. The smallest absolute Gasteiger partial charge is 0.248 e. The first kappa shape index (κ1) is 14.3. The predicted octanol–water partition coefficient (Wildman–Crippen LogP) is 0.846. The lowest BCUT2D eigenvalue weighted by Gasteiger charge is -2.26. The van der Waals surface area contributed by atoms with Gasteiger partial charge in [0.2, 0.25) is 11.8 Å². The van der Waals surface area contributed by atoms with Gasteiger partial charge in [-0.2, -0.15) is 0 Å². The minimum Gasteiger partial charge on any atom is -0.399 e. The summed E-state index contributed by atoms with van der Waals surface area (Å²) in [7, 11) is 0. The highest BCUT2D eigenvalue weighted by atomic mass is 16.5. The molecule has 1 heterocycles. The molecule has 1 saturated heterocycles. The molecule has 2 rings (SSSR count). The molecule has 0 aromatic heterocycles. The Morgan fingerprint density at radius 1 is 1.35 bits per heavy atom. The first-order chi connectivity index (χ1) is 9.65. The average Bonchev–Trinajstić information content (AvgIpc) is 2.43. The summed E-state index contributed by atoms with van der Waals surface area (Å²) < 4.78 is 5.05. The van der Waals surface area contributed by atoms with Crippen molar-refractivity contribution in [2.45, 2.75) is 12.8 Å². The van der Waals surface area contributed by atoms with Gasteiger partial charge in [0.1, 0.15) is 6.61 Å². The highest BCUT2D eigenvalue weighted by molar-refractivity contribution is 5.90. The summed E-state index contributed by atoms with van der Waals surface area (Å²) in [6, 6.07) is 7.00. The highest BCUT2D eigenvalue weighted by Crippen LogP contribution is 2.11. The monoisotopic (exact) mass is 277 g/mol. The lowest BCUT2D eigenvalue weighted by Crippen LogP contribution is -2.42. The van der Waals surface area contributed by atoms with Crippen molar-refractivity contribution >= 4 is 23.2 Å². The second-order valence-electron chi connectivity index (χ2n) is 4.71. The van der Waals surface area contributed by atoms with E-state index in [9.17, 15) is 9.59 Å². The topological polar surface area (TPSA) is 84.7 Å². The molecule has 0 bridgehead atoms. The summed E-state index contributed by atoms with van der Waals surface area (Å²) >= 11 is 0. The Balaban J connectivity index is 1.69. The van der Waals surface area contributed by atoms with Crippen LogP contribution in [0.5, 0.6) is 0 Å². The van der Waals surface area contributed by atoms with E-state index in [1.54, 1.807) is 29.2 Å². The number of benzene rings is 1. The third-order valence-corrected chi connectivity index (χ3v) is 3.11. The first-order valence-corrected chi connectivity index (χ1v) is 6.66. The third kappa shape index (κ3) is 4.24. The normalized spacial score (nSPS) is 15.2. The fraction of sp³-hybridized carbons (Fsp3) is 0.429. The van der Waals surface area contributed by atoms with Gasteiger partial charge in [-0.05, 0) is 30.7 Å². The molecule has 2 amide bonds. The molecule has 3 N–H and O–H groups in total. The first-order valence-electron chi connectivity index (χ1n) is 6.66. The van der Waals surface area contributed by atoms with Gasteiger partial charge in [-0.3, -0.25) is 9.59 Å². The maximum absolute atomic E-state index is 11.8. The molecule has 6 heteroatoms. The van der Waals surface area contributed by atoms with Gasteiger partial charge in [0.05, 0.1) is 6.61 Å². The quantitative estimate of drug-likeness (QED) is 0.781. The molecule has 20 heavy (non-hydrogen) atoms. The Kier molecular flexibility index (Phi) is 4.95. The predicted molar refractivity (Wildman–Crippen MR) is 76.1 cm³/mol. The summed E-state index contributed by atoms with van der Waals surface area (Å²) in [5.74, 6) is -0.0642. The Bertz CT molecular complexity index is 473. The maximum atomic E-state index is 11.8. The number of ether oxygens (including phenoxy) is 1. The zero-order valence-electron chi connectivity index (χ0n) is 11.3. The second kappa shape index (κ2) is 6.91. The number of hydrogen-bond donors (Lipinski definition) is 2. The lowest BCUT2D eigenvalue weighted by molar-refractivity contribution is -0.142. The molecule has 1 aromatic carbocycles. The highest BCUT2D eigenvalue weighted by Gasteiger charge is 2.17. The van der Waals surface area contributed by atoms with Gasteiger partial charge in [-0.25, -0.2) is 0 Å². The van der Waals surface area contributed by atoms with Crippen molar-refractivity contribution < 1.29 is 14.3 Å². The lowest BCUT2D eigenvalue weighted by atomic mass is 10.2. The summed E-state index contributed by atoms with van der Waals surface area (Å²) in [6.07, 6.45) is 1.03. The number of nitrogens with two attached hydrogens (primary N) is 1. The van der Waals surface area contributed by atoms with E-state index in [1.807, 2.05) is 0 Å². The molecule has 0 aliphatic carbocycles. The van der Waals surface area contributed by atoms with Gasteiger partial charge in [-0.15, -0.1) is 0 Å². The number of nitrogens with zero attached hydrogens (tertiary/aromatic N) is 1. The maximum Gasteiger partial charge on any atom is 0.248 e. The van der Waals surface area contributed by atoms with Crippen molar-refractivity contribution in [2.75, 3.05) is 37.4 Å². The standard InChI is InChI=1S/C14H19N3O3/c15-11-3-5-12(6-4-11)16-13(18)2-1-7-17-8-9-20-10-14(17)19/h3-6H,1-2,7-10,15H2,(H,16,18). The molecule has 0 atom stereocenters. The minimum atomic E-state index is -0.0597. The van der Waals surface area contributed by atoms with Crippen LogP contribution in [0.15, 0.2) is 24.3 Å². The molecule has 1 aromatic rings. The number of anilines is 2. The van der Waals surface area contributed by atoms with Crippen LogP contribution in [0.25, 0.3) is 0 Å². The van der Waals surface area contributed by atoms with Gasteiger partial charge in [-0.1, -0.05) is 0 Å². The Morgan fingerprint density at radius 3 is 2.80 bits per heavy atom. The summed E-state index contributed by atoms with van der Waals surface area (Å²) in [5.41, 5.74) is 6.96. The van der Waals surface area contributed by atoms with E-state index in [0.717, 1.165) is 5.69 Å². The minimum absolute atomic E-state index is 0.00445. The van der Waals surface area contributed by atoms with Crippen molar-refractivity contribution in [2.24, 2.45) is 0 Å². The van der Waals surface area contributed by atoms with Gasteiger partial charge in [0, 0.05) is 30.9 Å². The van der Waals surface area contributed by atoms with E-state index < -0.39 is 0 Å². The molecular formula is C14H19N3O3. The molecule has 108 valence electrons. The summed E-state index contributed by atoms with van der Waals surface area (Å²) in [4.78, 5) is 25.0. The molecule has 1 aliphatic heterocycles. The van der Waals surface area contributed by atoms with E-state index in [0.29, 0.717) is 38.2 Å². The fourth-order valence-corrected chi connectivity index (χ4v) is 2.01. The van der Waals surface area contributed by atoms with Gasteiger partial charge >= 0.3 is 0 Å². The molecule has 6 nitrogen and oxygen atoms in total. The Hall–Kier alpha value is -2.08. The number of carbonyl (C=O) groups excluding carboxylic acids is 2. The van der Waals surface area contributed by atoms with Crippen molar-refractivity contribution in [3.8, 4) is 0 Å².